The number of anilines is 3. The Bertz CT molecular complexity index is 876. The van der Waals surface area contributed by atoms with Crippen molar-refractivity contribution >= 4 is 28.9 Å². The van der Waals surface area contributed by atoms with E-state index >= 15 is 0 Å². The van der Waals surface area contributed by atoms with Gasteiger partial charge in [-0.25, -0.2) is 0 Å². The van der Waals surface area contributed by atoms with Crippen LogP contribution in [0.25, 0.3) is 0 Å². The second kappa shape index (κ2) is 8.53. The van der Waals surface area contributed by atoms with E-state index in [4.69, 9.17) is 0 Å². The molecule has 29 heavy (non-hydrogen) atoms. The molecule has 0 bridgehead atoms. The third-order valence-electron chi connectivity index (χ3n) is 5.47. The fraction of sp³-hybridized carbons (Fsp3) is 0.364. The van der Waals surface area contributed by atoms with Crippen molar-refractivity contribution in [2.75, 3.05) is 54.4 Å². The minimum atomic E-state index is -0.0482. The van der Waals surface area contributed by atoms with Crippen molar-refractivity contribution in [1.82, 2.24) is 4.90 Å². The molecule has 2 N–H and O–H groups in total. The SMILES string of the molecule is O=C(CN1CCN(c2ccc(O)cc2)CC1)Nc1cccc(N2CCCC2=O)c1. The highest BCUT2D eigenvalue weighted by molar-refractivity contribution is 5.97. The van der Waals surface area contributed by atoms with Crippen molar-refractivity contribution in [2.45, 2.75) is 12.8 Å². The van der Waals surface area contributed by atoms with E-state index in [0.29, 0.717) is 13.0 Å². The standard InChI is InChI=1S/C22H26N4O3/c27-20-8-6-18(7-9-20)25-13-11-24(12-14-25)16-21(28)23-17-3-1-4-19(15-17)26-10-2-5-22(26)29/h1,3-4,6-9,15,27H,2,5,10-14,16H2,(H,23,28). The summed E-state index contributed by atoms with van der Waals surface area (Å²) in [6, 6.07) is 14.7. The number of nitrogens with zero attached hydrogens (tertiary/aromatic N) is 3. The van der Waals surface area contributed by atoms with Gasteiger partial charge in [-0.05, 0) is 48.9 Å². The molecule has 2 fully saturated rings. The van der Waals surface area contributed by atoms with Crippen LogP contribution >= 0.6 is 0 Å². The third kappa shape index (κ3) is 4.68. The molecule has 2 aromatic carbocycles. The molecular formula is C22H26N4O3. The first-order chi connectivity index (χ1) is 14.1. The number of benzene rings is 2. The Balaban J connectivity index is 1.28. The highest BCUT2D eigenvalue weighted by atomic mass is 16.3. The van der Waals surface area contributed by atoms with Gasteiger partial charge in [0.05, 0.1) is 6.54 Å². The maximum atomic E-state index is 12.5. The Morgan fingerprint density at radius 2 is 1.72 bits per heavy atom. The predicted molar refractivity (Wildman–Crippen MR) is 113 cm³/mol. The largest absolute Gasteiger partial charge is 0.508 e. The molecule has 0 aliphatic carbocycles. The summed E-state index contributed by atoms with van der Waals surface area (Å²) < 4.78 is 0. The molecule has 2 saturated heterocycles. The van der Waals surface area contributed by atoms with Crippen LogP contribution in [0.3, 0.4) is 0 Å². The molecule has 7 heteroatoms. The van der Waals surface area contributed by atoms with Crippen LogP contribution < -0.4 is 15.1 Å². The van der Waals surface area contributed by atoms with Crippen LogP contribution in [-0.2, 0) is 9.59 Å². The van der Waals surface area contributed by atoms with Gasteiger partial charge < -0.3 is 20.2 Å². The summed E-state index contributed by atoms with van der Waals surface area (Å²) in [5.41, 5.74) is 2.64. The molecule has 152 valence electrons. The molecule has 0 radical (unpaired) electrons. The molecule has 2 amide bonds. The molecule has 0 aromatic heterocycles. The van der Waals surface area contributed by atoms with Crippen molar-refractivity contribution in [3.05, 3.63) is 48.5 Å². The quantitative estimate of drug-likeness (QED) is 0.814. The fourth-order valence-electron chi connectivity index (χ4n) is 3.90. The van der Waals surface area contributed by atoms with E-state index < -0.39 is 0 Å². The Labute approximate surface area is 170 Å². The normalized spacial score (nSPS) is 17.6. The highest BCUT2D eigenvalue weighted by Crippen LogP contribution is 2.24. The zero-order valence-corrected chi connectivity index (χ0v) is 16.4. The molecule has 2 aliphatic heterocycles. The van der Waals surface area contributed by atoms with Gasteiger partial charge in [0, 0.05) is 56.2 Å². The van der Waals surface area contributed by atoms with Gasteiger partial charge in [-0.1, -0.05) is 6.07 Å². The number of carbonyl (C=O) groups is 2. The number of aromatic hydroxyl groups is 1. The number of phenolic OH excluding ortho intramolecular Hbond substituents is 1. The molecule has 0 saturated carbocycles. The highest BCUT2D eigenvalue weighted by Gasteiger charge is 2.22. The summed E-state index contributed by atoms with van der Waals surface area (Å²) in [7, 11) is 0. The molecule has 0 unspecified atom stereocenters. The lowest BCUT2D eigenvalue weighted by Crippen LogP contribution is -2.48. The summed E-state index contributed by atoms with van der Waals surface area (Å²) in [6.07, 6.45) is 1.47. The predicted octanol–water partition coefficient (Wildman–Crippen LogP) is 2.28. The Morgan fingerprint density at radius 1 is 0.966 bits per heavy atom. The van der Waals surface area contributed by atoms with Crippen LogP contribution in [0.5, 0.6) is 5.75 Å². The Kier molecular flexibility index (Phi) is 5.67. The first-order valence-corrected chi connectivity index (χ1v) is 10.0. The van der Waals surface area contributed by atoms with Gasteiger partial charge >= 0.3 is 0 Å². The average molecular weight is 394 g/mol. The van der Waals surface area contributed by atoms with Crippen LogP contribution in [0.2, 0.25) is 0 Å². The monoisotopic (exact) mass is 394 g/mol. The summed E-state index contributed by atoms with van der Waals surface area (Å²) in [4.78, 5) is 30.6. The van der Waals surface area contributed by atoms with Crippen LogP contribution in [0, 0.1) is 0 Å². The Morgan fingerprint density at radius 3 is 2.41 bits per heavy atom. The van der Waals surface area contributed by atoms with Crippen molar-refractivity contribution < 1.29 is 14.7 Å². The van der Waals surface area contributed by atoms with Crippen LogP contribution in [0.1, 0.15) is 12.8 Å². The summed E-state index contributed by atoms with van der Waals surface area (Å²) >= 11 is 0. The zero-order chi connectivity index (χ0) is 20.2. The van der Waals surface area contributed by atoms with Crippen LogP contribution in [0.15, 0.2) is 48.5 Å². The van der Waals surface area contributed by atoms with Gasteiger partial charge in [0.1, 0.15) is 5.75 Å². The van der Waals surface area contributed by atoms with E-state index in [9.17, 15) is 14.7 Å². The number of piperazine rings is 1. The molecule has 2 heterocycles. The lowest BCUT2D eigenvalue weighted by atomic mass is 10.2. The minimum absolute atomic E-state index is 0.0482. The Hall–Kier alpha value is -3.06. The first-order valence-electron chi connectivity index (χ1n) is 10.0. The molecule has 7 nitrogen and oxygen atoms in total. The van der Waals surface area contributed by atoms with Crippen LogP contribution in [-0.4, -0.2) is 61.1 Å². The first kappa shape index (κ1) is 19.3. The topological polar surface area (TPSA) is 76.1 Å². The summed E-state index contributed by atoms with van der Waals surface area (Å²) in [5, 5.41) is 12.4. The van der Waals surface area contributed by atoms with Gasteiger partial charge in [0.15, 0.2) is 0 Å². The van der Waals surface area contributed by atoms with Crippen molar-refractivity contribution in [3.63, 3.8) is 0 Å². The molecular weight excluding hydrogens is 368 g/mol. The van der Waals surface area contributed by atoms with E-state index in [0.717, 1.165) is 56.2 Å². The number of rotatable bonds is 5. The van der Waals surface area contributed by atoms with Gasteiger partial charge in [-0.15, -0.1) is 0 Å². The third-order valence-corrected chi connectivity index (χ3v) is 5.47. The lowest BCUT2D eigenvalue weighted by Gasteiger charge is -2.35. The summed E-state index contributed by atoms with van der Waals surface area (Å²) in [6.45, 7) is 4.36. The second-order valence-electron chi connectivity index (χ2n) is 7.53. The number of hydrogen-bond donors (Lipinski definition) is 2. The van der Waals surface area contributed by atoms with Crippen molar-refractivity contribution in [3.8, 4) is 5.75 Å². The van der Waals surface area contributed by atoms with Crippen molar-refractivity contribution in [1.29, 1.82) is 0 Å². The fourth-order valence-corrected chi connectivity index (χ4v) is 3.90. The van der Waals surface area contributed by atoms with E-state index in [2.05, 4.69) is 15.1 Å². The second-order valence-corrected chi connectivity index (χ2v) is 7.53. The van der Waals surface area contributed by atoms with E-state index in [1.54, 1.807) is 17.0 Å². The number of hydrogen-bond acceptors (Lipinski definition) is 5. The lowest BCUT2D eigenvalue weighted by molar-refractivity contribution is -0.118. The molecule has 4 rings (SSSR count). The molecule has 0 atom stereocenters. The van der Waals surface area contributed by atoms with Gasteiger partial charge in [0.2, 0.25) is 11.8 Å². The number of phenols is 1. The number of amides is 2. The van der Waals surface area contributed by atoms with Crippen molar-refractivity contribution in [2.24, 2.45) is 0 Å². The maximum Gasteiger partial charge on any atom is 0.238 e. The average Bonchev–Trinajstić information content (AvgIpc) is 3.15. The molecule has 2 aliphatic rings. The van der Waals surface area contributed by atoms with E-state index in [-0.39, 0.29) is 17.6 Å². The number of nitrogens with one attached hydrogen (secondary N) is 1. The van der Waals surface area contributed by atoms with Crippen LogP contribution in [0.4, 0.5) is 17.1 Å². The van der Waals surface area contributed by atoms with E-state index in [1.165, 1.54) is 0 Å². The molecule has 0 spiro atoms. The number of carbonyl (C=O) groups excluding carboxylic acids is 2. The molecule has 2 aromatic rings. The van der Waals surface area contributed by atoms with Gasteiger partial charge in [-0.2, -0.15) is 0 Å². The minimum Gasteiger partial charge on any atom is -0.508 e. The maximum absolute atomic E-state index is 12.5. The summed E-state index contributed by atoms with van der Waals surface area (Å²) in [5.74, 6) is 0.357. The van der Waals surface area contributed by atoms with E-state index in [1.807, 2.05) is 36.4 Å². The van der Waals surface area contributed by atoms with Gasteiger partial charge in [-0.3, -0.25) is 14.5 Å². The zero-order valence-electron chi connectivity index (χ0n) is 16.4. The van der Waals surface area contributed by atoms with Gasteiger partial charge in [0.25, 0.3) is 0 Å². The smallest absolute Gasteiger partial charge is 0.238 e.